The van der Waals surface area contributed by atoms with Crippen molar-refractivity contribution in [2.24, 2.45) is 5.41 Å². The van der Waals surface area contributed by atoms with Gasteiger partial charge in [0.25, 0.3) is 0 Å². The molecule has 1 aliphatic heterocycles. The number of benzene rings is 1. The van der Waals surface area contributed by atoms with Crippen LogP contribution in [-0.4, -0.2) is 48.4 Å². The van der Waals surface area contributed by atoms with E-state index in [0.717, 1.165) is 55.4 Å². The summed E-state index contributed by atoms with van der Waals surface area (Å²) in [5.41, 5.74) is 1.08. The van der Waals surface area contributed by atoms with Crippen LogP contribution in [0.25, 0.3) is 0 Å². The van der Waals surface area contributed by atoms with Gasteiger partial charge >= 0.3 is 6.09 Å². The molecule has 1 amide bonds. The fourth-order valence-electron chi connectivity index (χ4n) is 5.00. The topological polar surface area (TPSA) is 92.7 Å². The Morgan fingerprint density at radius 1 is 0.971 bits per heavy atom. The molecule has 1 heterocycles. The van der Waals surface area contributed by atoms with Gasteiger partial charge in [0, 0.05) is 24.8 Å². The molecule has 0 unspecified atom stereocenters. The molecule has 1 saturated carbocycles. The number of hydrogen-bond acceptors (Lipinski definition) is 5. The van der Waals surface area contributed by atoms with Gasteiger partial charge in [-0.1, -0.05) is 20.8 Å². The molecule has 1 fully saturated rings. The van der Waals surface area contributed by atoms with Crippen molar-refractivity contribution in [2.75, 3.05) is 7.11 Å². The predicted molar refractivity (Wildman–Crippen MR) is 139 cm³/mol. The highest BCUT2D eigenvalue weighted by atomic mass is 16.6. The monoisotopic (exact) mass is 487 g/mol. The second-order valence-corrected chi connectivity index (χ2v) is 12.2. The molecule has 1 aromatic rings. The van der Waals surface area contributed by atoms with Gasteiger partial charge in [0.2, 0.25) is 0 Å². The van der Waals surface area contributed by atoms with Crippen LogP contribution < -0.4 is 15.4 Å². The Kier molecular flexibility index (Phi) is 8.09. The smallest absolute Gasteiger partial charge is 0.407 e. The van der Waals surface area contributed by atoms with E-state index in [1.165, 1.54) is 0 Å². The molecule has 1 aromatic carbocycles. The van der Waals surface area contributed by atoms with Crippen molar-refractivity contribution in [3.05, 3.63) is 29.3 Å². The van der Waals surface area contributed by atoms with Gasteiger partial charge in [-0.05, 0) is 95.4 Å². The molecule has 7 heteroatoms. The maximum absolute atomic E-state index is 12.0. The van der Waals surface area contributed by atoms with Crippen molar-refractivity contribution in [2.45, 2.75) is 116 Å². The summed E-state index contributed by atoms with van der Waals surface area (Å²) >= 11 is 0. The molecule has 0 bridgehead atoms. The zero-order valence-electron chi connectivity index (χ0n) is 22.8. The molecule has 0 saturated heterocycles. The number of aryl methyl sites for hydroxylation is 1. The van der Waals surface area contributed by atoms with Crippen molar-refractivity contribution < 1.29 is 19.0 Å². The molecule has 196 valence electrons. The Balaban J connectivity index is 1.54. The van der Waals surface area contributed by atoms with Gasteiger partial charge in [-0.15, -0.1) is 0 Å². The average Bonchev–Trinajstić information content (AvgIpc) is 2.77. The van der Waals surface area contributed by atoms with E-state index in [1.54, 1.807) is 7.11 Å². The third kappa shape index (κ3) is 6.69. The highest BCUT2D eigenvalue weighted by molar-refractivity contribution is 5.96. The Labute approximate surface area is 211 Å². The SMILES string of the molecule is CO[C@@](C)([C@H]1CCc2cc(C(=N)N[C@H]3CC[C@H](NC(=O)OC(C)(C)C)CC3)ccc2O1)C(C)(C)C. The van der Waals surface area contributed by atoms with Crippen LogP contribution in [0, 0.1) is 10.8 Å². The highest BCUT2D eigenvalue weighted by Gasteiger charge is 2.47. The number of amides is 1. The maximum Gasteiger partial charge on any atom is 0.407 e. The minimum atomic E-state index is -0.491. The molecule has 0 spiro atoms. The molecular weight excluding hydrogens is 442 g/mol. The molecule has 0 radical (unpaired) electrons. The van der Waals surface area contributed by atoms with Crippen molar-refractivity contribution >= 4 is 11.9 Å². The summed E-state index contributed by atoms with van der Waals surface area (Å²) in [6, 6.07) is 6.39. The molecule has 1 aliphatic carbocycles. The number of hydrogen-bond donors (Lipinski definition) is 3. The van der Waals surface area contributed by atoms with Gasteiger partial charge in [-0.25, -0.2) is 4.79 Å². The first-order valence-electron chi connectivity index (χ1n) is 12.9. The van der Waals surface area contributed by atoms with Crippen LogP contribution in [0.15, 0.2) is 18.2 Å². The normalized spacial score (nSPS) is 24.4. The van der Waals surface area contributed by atoms with E-state index in [2.05, 4.69) is 44.4 Å². The number of rotatable bonds is 5. The molecule has 0 aromatic heterocycles. The van der Waals surface area contributed by atoms with Gasteiger partial charge in [0.15, 0.2) is 0 Å². The largest absolute Gasteiger partial charge is 0.487 e. The number of methoxy groups -OCH3 is 1. The third-order valence-electron chi connectivity index (χ3n) is 7.62. The third-order valence-corrected chi connectivity index (χ3v) is 7.62. The number of ether oxygens (including phenoxy) is 3. The summed E-state index contributed by atoms with van der Waals surface area (Å²) in [7, 11) is 1.77. The molecule has 7 nitrogen and oxygen atoms in total. The maximum atomic E-state index is 12.0. The molecule has 3 rings (SSSR count). The Bertz CT molecular complexity index is 910. The lowest BCUT2D eigenvalue weighted by molar-refractivity contribution is -0.147. The quantitative estimate of drug-likeness (QED) is 0.372. The average molecular weight is 488 g/mol. The predicted octanol–water partition coefficient (Wildman–Crippen LogP) is 5.58. The van der Waals surface area contributed by atoms with Crippen molar-refractivity contribution in [3.8, 4) is 5.75 Å². The summed E-state index contributed by atoms with van der Waals surface area (Å²) < 4.78 is 17.7. The highest BCUT2D eigenvalue weighted by Crippen LogP contribution is 2.42. The summed E-state index contributed by atoms with van der Waals surface area (Å²) in [4.78, 5) is 12.0. The van der Waals surface area contributed by atoms with Crippen LogP contribution in [-0.2, 0) is 15.9 Å². The minimum Gasteiger partial charge on any atom is -0.487 e. The molecule has 3 N–H and O–H groups in total. The zero-order chi connectivity index (χ0) is 26.0. The fourth-order valence-corrected chi connectivity index (χ4v) is 5.00. The molecule has 2 aliphatic rings. The second-order valence-electron chi connectivity index (χ2n) is 12.2. The van der Waals surface area contributed by atoms with E-state index in [1.807, 2.05) is 32.9 Å². The van der Waals surface area contributed by atoms with E-state index in [-0.39, 0.29) is 29.7 Å². The van der Waals surface area contributed by atoms with Crippen LogP contribution in [0.4, 0.5) is 4.79 Å². The van der Waals surface area contributed by atoms with Crippen molar-refractivity contribution in [1.29, 1.82) is 5.41 Å². The first kappa shape index (κ1) is 27.3. The molecule has 35 heavy (non-hydrogen) atoms. The van der Waals surface area contributed by atoms with E-state index in [4.69, 9.17) is 19.6 Å². The first-order chi connectivity index (χ1) is 16.2. The van der Waals surface area contributed by atoms with E-state index in [9.17, 15) is 4.79 Å². The van der Waals surface area contributed by atoms with Gasteiger partial charge in [-0.2, -0.15) is 0 Å². The van der Waals surface area contributed by atoms with Gasteiger partial charge in [-0.3, -0.25) is 5.41 Å². The number of carbonyl (C=O) groups excluding carboxylic acids is 1. The molecule has 2 atom stereocenters. The summed E-state index contributed by atoms with van der Waals surface area (Å²) in [5.74, 6) is 1.33. The van der Waals surface area contributed by atoms with Crippen LogP contribution in [0.1, 0.15) is 91.7 Å². The number of fused-ring (bicyclic) bond motifs is 1. The Morgan fingerprint density at radius 2 is 1.57 bits per heavy atom. The zero-order valence-corrected chi connectivity index (χ0v) is 22.8. The van der Waals surface area contributed by atoms with E-state index in [0.29, 0.717) is 5.84 Å². The lowest BCUT2D eigenvalue weighted by atomic mass is 9.72. The Hall–Kier alpha value is -2.28. The van der Waals surface area contributed by atoms with Crippen LogP contribution in [0.3, 0.4) is 0 Å². The van der Waals surface area contributed by atoms with E-state index < -0.39 is 11.2 Å². The van der Waals surface area contributed by atoms with Crippen LogP contribution in [0.5, 0.6) is 5.75 Å². The number of amidine groups is 1. The van der Waals surface area contributed by atoms with Crippen molar-refractivity contribution in [1.82, 2.24) is 10.6 Å². The summed E-state index contributed by atoms with van der Waals surface area (Å²) in [5, 5.41) is 15.0. The van der Waals surface area contributed by atoms with E-state index >= 15 is 0 Å². The summed E-state index contributed by atoms with van der Waals surface area (Å²) in [6.45, 7) is 14.3. The lowest BCUT2D eigenvalue weighted by Gasteiger charge is -2.47. The number of alkyl carbamates (subject to hydrolysis) is 1. The van der Waals surface area contributed by atoms with Crippen LogP contribution in [0.2, 0.25) is 0 Å². The summed E-state index contributed by atoms with van der Waals surface area (Å²) in [6.07, 6.45) is 4.96. The van der Waals surface area contributed by atoms with Crippen molar-refractivity contribution in [3.63, 3.8) is 0 Å². The van der Waals surface area contributed by atoms with Crippen LogP contribution >= 0.6 is 0 Å². The van der Waals surface area contributed by atoms with Gasteiger partial charge in [0.05, 0.1) is 0 Å². The Morgan fingerprint density at radius 3 is 2.11 bits per heavy atom. The first-order valence-corrected chi connectivity index (χ1v) is 12.9. The minimum absolute atomic E-state index is 0.0205. The standard InChI is InChI=1S/C28H45N3O4/c1-26(2,3)28(7,33-8)23-16-10-18-17-19(9-15-22(18)34-23)24(29)30-20-11-13-21(14-12-20)31-25(32)35-27(4,5)6/h9,15,17,20-21,23H,10-14,16H2,1-8H3,(H2,29,30)(H,31,32)/t20-,21-,23-,28+/m1/s1. The second kappa shape index (κ2) is 10.4. The molecular formula is C28H45N3O4. The lowest BCUT2D eigenvalue weighted by Crippen LogP contribution is -2.55. The number of carbonyl (C=O) groups is 1. The van der Waals surface area contributed by atoms with Gasteiger partial charge < -0.3 is 24.8 Å². The van der Waals surface area contributed by atoms with Gasteiger partial charge in [0.1, 0.15) is 28.9 Å². The number of nitrogens with one attached hydrogen (secondary N) is 3. The fraction of sp³-hybridized carbons (Fsp3) is 0.714.